The van der Waals surface area contributed by atoms with Gasteiger partial charge in [0.05, 0.1) is 6.04 Å². The molecule has 1 amide bonds. The highest BCUT2D eigenvalue weighted by Crippen LogP contribution is 2.34. The zero-order chi connectivity index (χ0) is 22.9. The number of ether oxygens (including phenoxy) is 2. The van der Waals surface area contributed by atoms with Crippen molar-refractivity contribution in [3.8, 4) is 23.2 Å². The maximum atomic E-state index is 12.8. The Kier molecular flexibility index (Phi) is 5.89. The summed E-state index contributed by atoms with van der Waals surface area (Å²) in [5.74, 6) is -0.602. The highest BCUT2D eigenvalue weighted by atomic mass is 35.5. The van der Waals surface area contributed by atoms with Crippen LogP contribution in [0.2, 0.25) is 5.02 Å². The van der Waals surface area contributed by atoms with Crippen molar-refractivity contribution < 1.29 is 27.4 Å². The van der Waals surface area contributed by atoms with Crippen molar-refractivity contribution in [2.75, 3.05) is 0 Å². The number of aromatic nitrogens is 4. The molecule has 0 radical (unpaired) electrons. The molecule has 2 aromatic carbocycles. The highest BCUT2D eigenvalue weighted by molar-refractivity contribution is 6.30. The summed E-state index contributed by atoms with van der Waals surface area (Å²) in [4.78, 5) is 11.3. The van der Waals surface area contributed by atoms with Gasteiger partial charge in [0.15, 0.2) is 5.75 Å². The topological polar surface area (TPSA) is 117 Å². The van der Waals surface area contributed by atoms with E-state index in [-0.39, 0.29) is 28.8 Å². The Balaban J connectivity index is 1.54. The van der Waals surface area contributed by atoms with Gasteiger partial charge in [0.2, 0.25) is 5.91 Å². The summed E-state index contributed by atoms with van der Waals surface area (Å²) in [6.45, 7) is 0. The van der Waals surface area contributed by atoms with E-state index in [1.165, 1.54) is 12.1 Å². The molecule has 1 aliphatic heterocycles. The number of rotatable bonds is 6. The first-order valence-corrected chi connectivity index (χ1v) is 9.74. The number of nitrogens with one attached hydrogen (secondary N) is 1. The largest absolute Gasteiger partial charge is 0.573 e. The zero-order valence-electron chi connectivity index (χ0n) is 16.2. The summed E-state index contributed by atoms with van der Waals surface area (Å²) >= 11 is 5.93. The normalized spacial score (nSPS) is 18.5. The van der Waals surface area contributed by atoms with Crippen LogP contribution in [0.3, 0.4) is 0 Å². The van der Waals surface area contributed by atoms with Crippen LogP contribution in [-0.4, -0.2) is 38.5 Å². The summed E-state index contributed by atoms with van der Waals surface area (Å²) in [6.07, 6.45) is -3.52. The number of hydrogen-bond donors (Lipinski definition) is 2. The molecule has 3 N–H and O–H groups in total. The lowest BCUT2D eigenvalue weighted by atomic mass is 10.1. The zero-order valence-corrected chi connectivity index (χ0v) is 17.0. The van der Waals surface area contributed by atoms with Crippen molar-refractivity contribution in [3.63, 3.8) is 0 Å². The van der Waals surface area contributed by atoms with E-state index in [0.717, 1.165) is 22.7 Å². The Bertz CT molecular complexity index is 1120. The monoisotopic (exact) mass is 468 g/mol. The van der Waals surface area contributed by atoms with Gasteiger partial charge in [-0.3, -0.25) is 10.1 Å². The molecule has 13 heteroatoms. The predicted molar refractivity (Wildman–Crippen MR) is 105 cm³/mol. The quantitative estimate of drug-likeness (QED) is 0.570. The minimum atomic E-state index is -4.92. The number of tetrazole rings is 1. The van der Waals surface area contributed by atoms with Crippen LogP contribution >= 0.6 is 11.6 Å². The average molecular weight is 469 g/mol. The van der Waals surface area contributed by atoms with E-state index in [0.29, 0.717) is 12.2 Å². The molecule has 4 rings (SSSR count). The Morgan fingerprint density at radius 1 is 1.19 bits per heavy atom. The number of nitrogens with two attached hydrogens (primary N) is 1. The van der Waals surface area contributed by atoms with Crippen LogP contribution in [0.15, 0.2) is 42.5 Å². The Labute approximate surface area is 184 Å². The molecular weight excluding hydrogens is 453 g/mol. The third-order valence-corrected chi connectivity index (χ3v) is 5.03. The Morgan fingerprint density at radius 2 is 1.94 bits per heavy atom. The van der Waals surface area contributed by atoms with Gasteiger partial charge in [0, 0.05) is 11.1 Å². The predicted octanol–water partition coefficient (Wildman–Crippen LogP) is 3.29. The van der Waals surface area contributed by atoms with Crippen molar-refractivity contribution in [3.05, 3.63) is 53.1 Å². The smallest absolute Gasteiger partial charge is 0.423 e. The summed E-state index contributed by atoms with van der Waals surface area (Å²) in [6, 6.07) is 9.82. The molecule has 2 unspecified atom stereocenters. The van der Waals surface area contributed by atoms with Gasteiger partial charge in [0.25, 0.3) is 0 Å². The standard InChI is InChI=1S/C19H16ClF3N6O3/c20-11-3-8-16(32-19(21,22)23)15(9-11)29-18(26-27-28-29)31-12-4-1-10(2-5-12)13-6-7-14(25-13)17(24)30/h1-5,8-9,13-14,25H,6-7H2,(H2,24,30). The maximum absolute atomic E-state index is 12.8. The molecule has 2 heterocycles. The molecule has 9 nitrogen and oxygen atoms in total. The van der Waals surface area contributed by atoms with E-state index in [4.69, 9.17) is 22.1 Å². The molecule has 0 bridgehead atoms. The third-order valence-electron chi connectivity index (χ3n) is 4.80. The minimum Gasteiger partial charge on any atom is -0.423 e. The van der Waals surface area contributed by atoms with Gasteiger partial charge in [-0.05, 0) is 59.2 Å². The molecule has 0 aliphatic carbocycles. The second-order valence-corrected chi connectivity index (χ2v) is 7.39. The Morgan fingerprint density at radius 3 is 2.59 bits per heavy atom. The fourth-order valence-corrected chi connectivity index (χ4v) is 3.53. The molecule has 1 aliphatic rings. The molecule has 3 aromatic rings. The maximum Gasteiger partial charge on any atom is 0.573 e. The third kappa shape index (κ3) is 4.92. The van der Waals surface area contributed by atoms with E-state index < -0.39 is 18.0 Å². The minimum absolute atomic E-state index is 0.0274. The van der Waals surface area contributed by atoms with Crippen LogP contribution < -0.4 is 20.5 Å². The van der Waals surface area contributed by atoms with E-state index in [9.17, 15) is 18.0 Å². The van der Waals surface area contributed by atoms with Crippen LogP contribution in [0, 0.1) is 0 Å². The van der Waals surface area contributed by atoms with Gasteiger partial charge in [-0.1, -0.05) is 28.8 Å². The first-order valence-electron chi connectivity index (χ1n) is 9.37. The van der Waals surface area contributed by atoms with E-state index in [1.54, 1.807) is 24.3 Å². The molecule has 32 heavy (non-hydrogen) atoms. The number of carbonyl (C=O) groups is 1. The highest BCUT2D eigenvalue weighted by Gasteiger charge is 2.33. The van der Waals surface area contributed by atoms with E-state index >= 15 is 0 Å². The van der Waals surface area contributed by atoms with E-state index in [1.807, 2.05) is 0 Å². The SMILES string of the molecule is NC(=O)C1CCC(c2ccc(Oc3nnnn3-c3cc(Cl)ccc3OC(F)(F)F)cc2)N1. The number of amides is 1. The van der Waals surface area contributed by atoms with Crippen molar-refractivity contribution in [1.29, 1.82) is 0 Å². The lowest BCUT2D eigenvalue weighted by Crippen LogP contribution is -2.37. The number of halogens is 4. The van der Waals surface area contributed by atoms with Crippen molar-refractivity contribution in [1.82, 2.24) is 25.5 Å². The number of benzene rings is 2. The number of alkyl halides is 3. The lowest BCUT2D eigenvalue weighted by Gasteiger charge is -2.15. The number of nitrogens with zero attached hydrogens (tertiary/aromatic N) is 4. The molecule has 1 fully saturated rings. The number of primary amides is 1. The van der Waals surface area contributed by atoms with Gasteiger partial charge >= 0.3 is 12.4 Å². The Hall–Kier alpha value is -3.38. The van der Waals surface area contributed by atoms with Crippen LogP contribution in [-0.2, 0) is 4.79 Å². The van der Waals surface area contributed by atoms with Crippen LogP contribution in [0.1, 0.15) is 24.4 Å². The van der Waals surface area contributed by atoms with Crippen molar-refractivity contribution in [2.24, 2.45) is 5.73 Å². The fraction of sp³-hybridized carbons (Fsp3) is 0.263. The summed E-state index contributed by atoms with van der Waals surface area (Å²) in [5, 5.41) is 14.2. The number of hydrogen-bond acceptors (Lipinski definition) is 7. The van der Waals surface area contributed by atoms with Crippen LogP contribution in [0.25, 0.3) is 5.69 Å². The molecule has 1 aromatic heterocycles. The van der Waals surface area contributed by atoms with E-state index in [2.05, 4.69) is 25.6 Å². The summed E-state index contributed by atoms with van der Waals surface area (Å²) in [7, 11) is 0. The molecular formula is C19H16ClF3N6O3. The summed E-state index contributed by atoms with van der Waals surface area (Å²) in [5.41, 5.74) is 6.11. The second kappa shape index (κ2) is 8.63. The first kappa shape index (κ1) is 21.8. The lowest BCUT2D eigenvalue weighted by molar-refractivity contribution is -0.274. The van der Waals surface area contributed by atoms with Crippen LogP contribution in [0.4, 0.5) is 13.2 Å². The molecule has 0 spiro atoms. The first-order chi connectivity index (χ1) is 15.2. The van der Waals surface area contributed by atoms with Crippen molar-refractivity contribution >= 4 is 17.5 Å². The van der Waals surface area contributed by atoms with Crippen molar-refractivity contribution in [2.45, 2.75) is 31.3 Å². The summed E-state index contributed by atoms with van der Waals surface area (Å²) < 4.78 is 48.9. The van der Waals surface area contributed by atoms with Gasteiger partial charge in [-0.25, -0.2) is 0 Å². The second-order valence-electron chi connectivity index (χ2n) is 6.96. The molecule has 0 saturated carbocycles. The molecule has 1 saturated heterocycles. The average Bonchev–Trinajstić information content (AvgIpc) is 3.39. The van der Waals surface area contributed by atoms with Gasteiger partial charge < -0.3 is 15.2 Å². The van der Waals surface area contributed by atoms with Gasteiger partial charge in [-0.2, -0.15) is 4.68 Å². The van der Waals surface area contributed by atoms with Crippen LogP contribution in [0.5, 0.6) is 17.5 Å². The number of carbonyl (C=O) groups excluding carboxylic acids is 1. The molecule has 168 valence electrons. The van der Waals surface area contributed by atoms with Gasteiger partial charge in [0.1, 0.15) is 11.4 Å². The van der Waals surface area contributed by atoms with Gasteiger partial charge in [-0.15, -0.1) is 13.2 Å². The molecule has 2 atom stereocenters. The fourth-order valence-electron chi connectivity index (χ4n) is 3.36.